The lowest BCUT2D eigenvalue weighted by Gasteiger charge is -2.31. The Labute approximate surface area is 167 Å². The highest BCUT2D eigenvalue weighted by Gasteiger charge is 2.17. The molecule has 1 fully saturated rings. The summed E-state index contributed by atoms with van der Waals surface area (Å²) in [5.74, 6) is 1.81. The molecule has 1 aromatic heterocycles. The van der Waals surface area contributed by atoms with Gasteiger partial charge in [-0.1, -0.05) is 22.9 Å². The predicted octanol–water partition coefficient (Wildman–Crippen LogP) is 5.07. The van der Waals surface area contributed by atoms with Gasteiger partial charge in [0.25, 0.3) is 0 Å². The van der Waals surface area contributed by atoms with Crippen LogP contribution in [0.2, 0.25) is 0 Å². The maximum Gasteiger partial charge on any atom is 0.141 e. The highest BCUT2D eigenvalue weighted by atomic mass is 79.9. The fraction of sp³-hybridized carbons (Fsp3) is 0.333. The first kappa shape index (κ1) is 18.2. The fourth-order valence-electron chi connectivity index (χ4n) is 3.73. The number of benzene rings is 2. The fourth-order valence-corrected chi connectivity index (χ4v) is 4.09. The molecule has 2 heterocycles. The van der Waals surface area contributed by atoms with Crippen molar-refractivity contribution in [2.45, 2.75) is 26.3 Å². The number of nitrogens with one attached hydrogen (secondary N) is 1. The molecule has 0 aliphatic carbocycles. The lowest BCUT2D eigenvalue weighted by Crippen LogP contribution is -2.33. The zero-order valence-corrected chi connectivity index (χ0v) is 16.9. The van der Waals surface area contributed by atoms with Gasteiger partial charge in [-0.15, -0.1) is 0 Å². The van der Waals surface area contributed by atoms with Crippen LogP contribution < -0.4 is 5.32 Å². The van der Waals surface area contributed by atoms with E-state index in [1.54, 1.807) is 12.4 Å². The van der Waals surface area contributed by atoms with E-state index in [4.69, 9.17) is 0 Å². The Kier molecular flexibility index (Phi) is 5.27. The first-order chi connectivity index (χ1) is 13.1. The molecule has 1 saturated heterocycles. The van der Waals surface area contributed by atoms with E-state index in [0.717, 1.165) is 52.1 Å². The van der Waals surface area contributed by atoms with Gasteiger partial charge in [-0.05, 0) is 61.7 Å². The van der Waals surface area contributed by atoms with Gasteiger partial charge in [0.2, 0.25) is 0 Å². The van der Waals surface area contributed by atoms with Crippen LogP contribution in [0.1, 0.15) is 25.3 Å². The van der Waals surface area contributed by atoms with Crippen molar-refractivity contribution in [2.24, 2.45) is 5.92 Å². The Morgan fingerprint density at radius 1 is 1.22 bits per heavy atom. The first-order valence-corrected chi connectivity index (χ1v) is 10.1. The van der Waals surface area contributed by atoms with E-state index in [0.29, 0.717) is 11.7 Å². The number of rotatable bonds is 4. The normalized spacial score (nSPS) is 17.9. The summed E-state index contributed by atoms with van der Waals surface area (Å²) in [5, 5.41) is 14.7. The monoisotopic (exact) mass is 426 g/mol. The summed E-state index contributed by atoms with van der Waals surface area (Å²) in [4.78, 5) is 11.1. The van der Waals surface area contributed by atoms with Crippen LogP contribution in [-0.4, -0.2) is 33.1 Å². The van der Waals surface area contributed by atoms with E-state index < -0.39 is 0 Å². The average Bonchev–Trinajstić information content (AvgIpc) is 2.65. The largest absolute Gasteiger partial charge is 0.508 e. The number of likely N-dealkylation sites (tertiary alicyclic amines) is 1. The Morgan fingerprint density at radius 3 is 2.96 bits per heavy atom. The molecule has 1 atom stereocenters. The van der Waals surface area contributed by atoms with Crippen LogP contribution in [-0.2, 0) is 6.54 Å². The lowest BCUT2D eigenvalue weighted by molar-refractivity contribution is 0.175. The number of phenols is 1. The van der Waals surface area contributed by atoms with Crippen molar-refractivity contribution in [2.75, 3.05) is 18.4 Å². The van der Waals surface area contributed by atoms with Crippen LogP contribution in [0.25, 0.3) is 10.9 Å². The Balaban J connectivity index is 1.59. The minimum Gasteiger partial charge on any atom is -0.508 e. The van der Waals surface area contributed by atoms with Gasteiger partial charge in [0.15, 0.2) is 0 Å². The molecule has 140 valence electrons. The van der Waals surface area contributed by atoms with E-state index in [-0.39, 0.29) is 0 Å². The third-order valence-corrected chi connectivity index (χ3v) is 5.57. The van der Waals surface area contributed by atoms with Gasteiger partial charge in [0.1, 0.15) is 17.9 Å². The summed E-state index contributed by atoms with van der Waals surface area (Å²) < 4.78 is 0.985. The molecule has 1 aliphatic heterocycles. The number of hydrogen-bond donors (Lipinski definition) is 2. The van der Waals surface area contributed by atoms with Crippen molar-refractivity contribution in [3.63, 3.8) is 0 Å². The standard InChI is InChI=1S/C21H23BrN4O/c1-14-3-2-8-26(11-14)12-15-9-17(5-7-20(15)27)25-21-18-10-16(22)4-6-19(18)23-13-24-21/h4-7,9-10,13-14,27H,2-3,8,11-12H2,1H3,(H,23,24,25). The van der Waals surface area contributed by atoms with Crippen molar-refractivity contribution < 1.29 is 5.11 Å². The number of nitrogens with zero attached hydrogens (tertiary/aromatic N) is 3. The van der Waals surface area contributed by atoms with Crippen LogP contribution in [0.15, 0.2) is 47.2 Å². The molecule has 0 bridgehead atoms. The molecule has 5 nitrogen and oxygen atoms in total. The number of piperidine rings is 1. The van der Waals surface area contributed by atoms with E-state index in [1.165, 1.54) is 12.8 Å². The van der Waals surface area contributed by atoms with Gasteiger partial charge in [0.05, 0.1) is 5.52 Å². The molecule has 1 unspecified atom stereocenters. The number of anilines is 2. The average molecular weight is 427 g/mol. The van der Waals surface area contributed by atoms with Crippen molar-refractivity contribution in [1.82, 2.24) is 14.9 Å². The molecule has 3 aromatic rings. The van der Waals surface area contributed by atoms with Crippen LogP contribution in [0.3, 0.4) is 0 Å². The molecule has 4 rings (SSSR count). The number of halogens is 1. The lowest BCUT2D eigenvalue weighted by atomic mass is 9.99. The molecule has 1 aliphatic rings. The van der Waals surface area contributed by atoms with Crippen LogP contribution in [0, 0.1) is 5.92 Å². The summed E-state index contributed by atoms with van der Waals surface area (Å²) in [7, 11) is 0. The Bertz CT molecular complexity index is 962. The van der Waals surface area contributed by atoms with E-state index in [1.807, 2.05) is 30.3 Å². The maximum absolute atomic E-state index is 10.3. The number of phenolic OH excluding ortho intramolecular Hbond substituents is 1. The van der Waals surface area contributed by atoms with Gasteiger partial charge in [-0.25, -0.2) is 9.97 Å². The van der Waals surface area contributed by atoms with Gasteiger partial charge >= 0.3 is 0 Å². The Morgan fingerprint density at radius 2 is 2.11 bits per heavy atom. The summed E-state index contributed by atoms with van der Waals surface area (Å²) in [6, 6.07) is 11.6. The van der Waals surface area contributed by atoms with Crippen molar-refractivity contribution in [3.8, 4) is 5.75 Å². The third-order valence-electron chi connectivity index (χ3n) is 5.07. The topological polar surface area (TPSA) is 61.3 Å². The smallest absolute Gasteiger partial charge is 0.141 e. The summed E-state index contributed by atoms with van der Waals surface area (Å²) in [5.41, 5.74) is 2.73. The van der Waals surface area contributed by atoms with E-state index in [9.17, 15) is 5.11 Å². The highest BCUT2D eigenvalue weighted by molar-refractivity contribution is 9.10. The first-order valence-electron chi connectivity index (χ1n) is 9.30. The van der Waals surface area contributed by atoms with E-state index in [2.05, 4.69) is 43.0 Å². The van der Waals surface area contributed by atoms with Crippen LogP contribution >= 0.6 is 15.9 Å². The van der Waals surface area contributed by atoms with Gasteiger partial charge in [-0.2, -0.15) is 0 Å². The highest BCUT2D eigenvalue weighted by Crippen LogP contribution is 2.29. The number of fused-ring (bicyclic) bond motifs is 1. The van der Waals surface area contributed by atoms with Gasteiger partial charge in [-0.3, -0.25) is 4.90 Å². The molecule has 27 heavy (non-hydrogen) atoms. The second-order valence-electron chi connectivity index (χ2n) is 7.33. The van der Waals surface area contributed by atoms with Gasteiger partial charge in [0, 0.05) is 34.2 Å². The van der Waals surface area contributed by atoms with Crippen molar-refractivity contribution in [3.05, 3.63) is 52.8 Å². The molecule has 0 radical (unpaired) electrons. The summed E-state index contributed by atoms with van der Waals surface area (Å²) >= 11 is 3.51. The zero-order chi connectivity index (χ0) is 18.8. The minimum atomic E-state index is 0.342. The third kappa shape index (κ3) is 4.22. The summed E-state index contributed by atoms with van der Waals surface area (Å²) in [6.07, 6.45) is 4.08. The minimum absolute atomic E-state index is 0.342. The zero-order valence-electron chi connectivity index (χ0n) is 15.3. The van der Waals surface area contributed by atoms with Crippen molar-refractivity contribution in [1.29, 1.82) is 0 Å². The molecular formula is C21H23BrN4O. The van der Waals surface area contributed by atoms with E-state index >= 15 is 0 Å². The number of aromatic nitrogens is 2. The van der Waals surface area contributed by atoms with Crippen LogP contribution in [0.5, 0.6) is 5.75 Å². The number of hydrogen-bond acceptors (Lipinski definition) is 5. The SMILES string of the molecule is CC1CCCN(Cc2cc(Nc3ncnc4ccc(Br)cc34)ccc2O)C1. The molecule has 0 spiro atoms. The molecule has 6 heteroatoms. The molecule has 2 aromatic carbocycles. The quantitative estimate of drug-likeness (QED) is 0.569. The molecular weight excluding hydrogens is 404 g/mol. The van der Waals surface area contributed by atoms with Crippen molar-refractivity contribution >= 4 is 38.3 Å². The second-order valence-corrected chi connectivity index (χ2v) is 8.25. The number of aromatic hydroxyl groups is 1. The Hall–Kier alpha value is -2.18. The van der Waals surface area contributed by atoms with Crippen LogP contribution in [0.4, 0.5) is 11.5 Å². The predicted molar refractivity (Wildman–Crippen MR) is 112 cm³/mol. The maximum atomic E-state index is 10.3. The summed E-state index contributed by atoms with van der Waals surface area (Å²) in [6.45, 7) is 5.23. The molecule has 2 N–H and O–H groups in total. The molecule has 0 saturated carbocycles. The molecule has 0 amide bonds. The second kappa shape index (κ2) is 7.82. The van der Waals surface area contributed by atoms with Gasteiger partial charge < -0.3 is 10.4 Å².